The fourth-order valence-corrected chi connectivity index (χ4v) is 6.26. The molecule has 1 heterocycles. The molecule has 1 aliphatic heterocycles. The first kappa shape index (κ1) is 21.8. The van der Waals surface area contributed by atoms with Gasteiger partial charge in [-0.15, -0.1) is 0 Å². The Kier molecular flexibility index (Phi) is 7.16. The van der Waals surface area contributed by atoms with Crippen molar-refractivity contribution in [3.8, 4) is 5.75 Å². The summed E-state index contributed by atoms with van der Waals surface area (Å²) < 4.78 is 20.5. The average Bonchev–Trinajstić information content (AvgIpc) is 2.76. The maximum absolute atomic E-state index is 15.1. The van der Waals surface area contributed by atoms with Crippen molar-refractivity contribution >= 4 is 5.97 Å². The second kappa shape index (κ2) is 9.83. The SMILES string of the molecule is CCCC1CCC(CCC2CCC(c3ccc4c(c3F)OC(=O)C(C)C4)CC2)CC1. The zero-order chi connectivity index (χ0) is 21.1. The molecule has 0 amide bonds. The van der Waals surface area contributed by atoms with E-state index in [1.165, 1.54) is 64.2 Å². The van der Waals surface area contributed by atoms with Crippen molar-refractivity contribution < 1.29 is 13.9 Å². The summed E-state index contributed by atoms with van der Waals surface area (Å²) in [7, 11) is 0. The minimum absolute atomic E-state index is 0.181. The Hall–Kier alpha value is -1.38. The van der Waals surface area contributed by atoms with Crippen molar-refractivity contribution in [1.29, 1.82) is 0 Å². The Labute approximate surface area is 182 Å². The Morgan fingerprint density at radius 1 is 0.900 bits per heavy atom. The van der Waals surface area contributed by atoms with Crippen LogP contribution in [-0.4, -0.2) is 5.97 Å². The summed E-state index contributed by atoms with van der Waals surface area (Å²) >= 11 is 0. The van der Waals surface area contributed by atoms with Crippen LogP contribution in [0.2, 0.25) is 0 Å². The molecule has 0 bridgehead atoms. The van der Waals surface area contributed by atoms with E-state index in [2.05, 4.69) is 6.92 Å². The lowest BCUT2D eigenvalue weighted by Crippen LogP contribution is -2.26. The fourth-order valence-electron chi connectivity index (χ4n) is 6.26. The highest BCUT2D eigenvalue weighted by atomic mass is 19.1. The first-order valence-electron chi connectivity index (χ1n) is 12.6. The number of hydrogen-bond acceptors (Lipinski definition) is 2. The smallest absolute Gasteiger partial charge is 0.314 e. The normalized spacial score (nSPS) is 31.8. The third-order valence-corrected chi connectivity index (χ3v) is 8.27. The molecular weight excluding hydrogens is 375 g/mol. The molecule has 30 heavy (non-hydrogen) atoms. The molecule has 4 rings (SSSR count). The van der Waals surface area contributed by atoms with Gasteiger partial charge < -0.3 is 4.74 Å². The molecule has 2 fully saturated rings. The predicted octanol–water partition coefficient (Wildman–Crippen LogP) is 7.58. The van der Waals surface area contributed by atoms with Crippen molar-refractivity contribution in [3.63, 3.8) is 0 Å². The van der Waals surface area contributed by atoms with Gasteiger partial charge in [0.25, 0.3) is 0 Å². The number of ether oxygens (including phenoxy) is 1. The zero-order valence-corrected chi connectivity index (χ0v) is 18.9. The molecule has 3 aliphatic rings. The number of esters is 1. The first-order chi connectivity index (χ1) is 14.5. The standard InChI is InChI=1S/C27H39FO2/c1-3-4-19-5-7-20(8-6-19)9-10-21-11-13-22(14-12-21)24-16-15-23-17-18(2)27(29)30-26(23)25(24)28/h15-16,18-22H,3-14,17H2,1-2H3. The van der Waals surface area contributed by atoms with Crippen LogP contribution in [0.3, 0.4) is 0 Å². The van der Waals surface area contributed by atoms with Gasteiger partial charge in [-0.25, -0.2) is 4.39 Å². The molecular formula is C27H39FO2. The molecule has 3 heteroatoms. The third kappa shape index (κ3) is 4.92. The minimum Gasteiger partial charge on any atom is -0.423 e. The number of halogens is 1. The van der Waals surface area contributed by atoms with Gasteiger partial charge in [0.15, 0.2) is 11.6 Å². The van der Waals surface area contributed by atoms with E-state index in [-0.39, 0.29) is 29.4 Å². The average molecular weight is 415 g/mol. The number of hydrogen-bond donors (Lipinski definition) is 0. The van der Waals surface area contributed by atoms with Gasteiger partial charge in [-0.05, 0) is 66.9 Å². The van der Waals surface area contributed by atoms with Crippen LogP contribution in [0.15, 0.2) is 12.1 Å². The summed E-state index contributed by atoms with van der Waals surface area (Å²) in [6, 6.07) is 3.94. The van der Waals surface area contributed by atoms with E-state index in [1.54, 1.807) is 0 Å². The van der Waals surface area contributed by atoms with Crippen LogP contribution in [0.4, 0.5) is 4.39 Å². The Morgan fingerprint density at radius 2 is 1.47 bits per heavy atom. The Balaban J connectivity index is 1.26. The molecule has 166 valence electrons. The van der Waals surface area contributed by atoms with Gasteiger partial charge >= 0.3 is 5.97 Å². The quantitative estimate of drug-likeness (QED) is 0.354. The fraction of sp³-hybridized carbons (Fsp3) is 0.741. The number of fused-ring (bicyclic) bond motifs is 1. The van der Waals surface area contributed by atoms with Gasteiger partial charge in [-0.3, -0.25) is 4.79 Å². The van der Waals surface area contributed by atoms with E-state index in [1.807, 2.05) is 19.1 Å². The van der Waals surface area contributed by atoms with Crippen molar-refractivity contribution in [2.24, 2.45) is 23.7 Å². The molecule has 1 atom stereocenters. The van der Waals surface area contributed by atoms with Crippen LogP contribution in [0, 0.1) is 29.5 Å². The monoisotopic (exact) mass is 414 g/mol. The molecule has 1 aromatic rings. The molecule has 0 radical (unpaired) electrons. The Morgan fingerprint density at radius 3 is 2.07 bits per heavy atom. The van der Waals surface area contributed by atoms with Crippen LogP contribution in [0.1, 0.15) is 108 Å². The molecule has 1 unspecified atom stereocenters. The van der Waals surface area contributed by atoms with E-state index < -0.39 is 0 Å². The lowest BCUT2D eigenvalue weighted by molar-refractivity contribution is -0.139. The highest BCUT2D eigenvalue weighted by Gasteiger charge is 2.31. The van der Waals surface area contributed by atoms with E-state index in [4.69, 9.17) is 4.74 Å². The van der Waals surface area contributed by atoms with Crippen LogP contribution in [0.25, 0.3) is 0 Å². The number of benzene rings is 1. The van der Waals surface area contributed by atoms with Crippen LogP contribution >= 0.6 is 0 Å². The summed E-state index contributed by atoms with van der Waals surface area (Å²) in [5.41, 5.74) is 1.61. The number of carbonyl (C=O) groups excluding carboxylic acids is 1. The van der Waals surface area contributed by atoms with Crippen LogP contribution in [0.5, 0.6) is 5.75 Å². The lowest BCUT2D eigenvalue weighted by Gasteiger charge is -2.32. The molecule has 0 N–H and O–H groups in total. The van der Waals surface area contributed by atoms with Gasteiger partial charge in [0.2, 0.25) is 0 Å². The van der Waals surface area contributed by atoms with Crippen LogP contribution in [-0.2, 0) is 11.2 Å². The second-order valence-corrected chi connectivity index (χ2v) is 10.5. The highest BCUT2D eigenvalue weighted by Crippen LogP contribution is 2.43. The third-order valence-electron chi connectivity index (χ3n) is 8.27. The molecule has 0 spiro atoms. The molecule has 0 saturated heterocycles. The van der Waals surface area contributed by atoms with Crippen molar-refractivity contribution in [2.45, 2.75) is 103 Å². The first-order valence-corrected chi connectivity index (χ1v) is 12.6. The second-order valence-electron chi connectivity index (χ2n) is 10.5. The summed E-state index contributed by atoms with van der Waals surface area (Å²) in [5, 5.41) is 0. The van der Waals surface area contributed by atoms with Gasteiger partial charge in [0.05, 0.1) is 5.92 Å². The zero-order valence-electron chi connectivity index (χ0n) is 18.9. The highest BCUT2D eigenvalue weighted by molar-refractivity contribution is 5.77. The summed E-state index contributed by atoms with van der Waals surface area (Å²) in [6.45, 7) is 4.15. The van der Waals surface area contributed by atoms with E-state index in [0.717, 1.165) is 41.7 Å². The summed E-state index contributed by atoms with van der Waals surface area (Å²) in [4.78, 5) is 11.9. The molecule has 2 aliphatic carbocycles. The molecule has 2 saturated carbocycles. The molecule has 0 aromatic heterocycles. The number of rotatable bonds is 6. The summed E-state index contributed by atoms with van der Waals surface area (Å²) in [5.74, 6) is 2.48. The minimum atomic E-state index is -0.300. The van der Waals surface area contributed by atoms with Crippen molar-refractivity contribution in [1.82, 2.24) is 0 Å². The van der Waals surface area contributed by atoms with Crippen LogP contribution < -0.4 is 4.74 Å². The maximum Gasteiger partial charge on any atom is 0.314 e. The lowest BCUT2D eigenvalue weighted by atomic mass is 9.73. The van der Waals surface area contributed by atoms with E-state index >= 15 is 4.39 Å². The van der Waals surface area contributed by atoms with E-state index in [0.29, 0.717) is 6.42 Å². The van der Waals surface area contributed by atoms with Crippen molar-refractivity contribution in [3.05, 3.63) is 29.1 Å². The predicted molar refractivity (Wildman–Crippen MR) is 119 cm³/mol. The van der Waals surface area contributed by atoms with Gasteiger partial charge in [-0.1, -0.05) is 77.3 Å². The topological polar surface area (TPSA) is 26.3 Å². The number of carbonyl (C=O) groups is 1. The summed E-state index contributed by atoms with van der Waals surface area (Å²) in [6.07, 6.45) is 16.4. The molecule has 2 nitrogen and oxygen atoms in total. The van der Waals surface area contributed by atoms with Gasteiger partial charge in [0, 0.05) is 0 Å². The van der Waals surface area contributed by atoms with Gasteiger partial charge in [-0.2, -0.15) is 0 Å². The largest absolute Gasteiger partial charge is 0.423 e. The molecule has 1 aromatic carbocycles. The van der Waals surface area contributed by atoms with Crippen molar-refractivity contribution in [2.75, 3.05) is 0 Å². The Bertz CT molecular complexity index is 727. The van der Waals surface area contributed by atoms with Gasteiger partial charge in [0.1, 0.15) is 0 Å². The maximum atomic E-state index is 15.1. The van der Waals surface area contributed by atoms with E-state index in [9.17, 15) is 4.79 Å².